The predicted molar refractivity (Wildman–Crippen MR) is 102 cm³/mol. The number of hydrogen-bond acceptors (Lipinski definition) is 3. The number of nitrogens with one attached hydrogen (secondary N) is 1. The van der Waals surface area contributed by atoms with Gasteiger partial charge < -0.3 is 0 Å². The van der Waals surface area contributed by atoms with Crippen LogP contribution in [0.15, 0.2) is 53.9 Å². The second-order valence-electron chi connectivity index (χ2n) is 5.00. The summed E-state index contributed by atoms with van der Waals surface area (Å²) in [5.41, 5.74) is 2.02. The summed E-state index contributed by atoms with van der Waals surface area (Å²) in [6.45, 7) is 0. The van der Waals surface area contributed by atoms with Gasteiger partial charge in [-0.05, 0) is 42.5 Å². The number of carbonyl (C=O) groups is 1. The topological polar surface area (TPSA) is 42.0 Å². The molecule has 0 aliphatic heterocycles. The van der Waals surface area contributed by atoms with Crippen LogP contribution in [0.1, 0.15) is 5.56 Å². The van der Waals surface area contributed by atoms with Gasteiger partial charge in [0.25, 0.3) is 0 Å². The van der Waals surface area contributed by atoms with E-state index in [2.05, 4.69) is 10.3 Å². The molecule has 2 aromatic carbocycles. The number of carbonyl (C=O) groups excluding carboxylic acids is 1. The number of halogens is 3. The summed E-state index contributed by atoms with van der Waals surface area (Å²) >= 11 is 13.4. The highest BCUT2D eigenvalue weighted by Crippen LogP contribution is 2.26. The van der Waals surface area contributed by atoms with Crippen LogP contribution in [-0.4, -0.2) is 10.9 Å². The van der Waals surface area contributed by atoms with Gasteiger partial charge in [0.1, 0.15) is 5.82 Å². The van der Waals surface area contributed by atoms with Crippen LogP contribution in [0.4, 0.5) is 9.52 Å². The highest BCUT2D eigenvalue weighted by molar-refractivity contribution is 7.14. The molecule has 3 aromatic rings. The lowest BCUT2D eigenvalue weighted by Gasteiger charge is -2.01. The van der Waals surface area contributed by atoms with Crippen molar-refractivity contribution in [1.82, 2.24) is 4.98 Å². The highest BCUT2D eigenvalue weighted by Gasteiger charge is 2.07. The van der Waals surface area contributed by atoms with E-state index in [1.165, 1.54) is 29.5 Å². The molecule has 0 fully saturated rings. The average molecular weight is 393 g/mol. The molecule has 7 heteroatoms. The van der Waals surface area contributed by atoms with Crippen LogP contribution in [-0.2, 0) is 4.79 Å². The minimum Gasteiger partial charge on any atom is -0.298 e. The first kappa shape index (κ1) is 17.6. The molecule has 0 radical (unpaired) electrons. The van der Waals surface area contributed by atoms with Gasteiger partial charge in [0.2, 0.25) is 5.91 Å². The number of aromatic nitrogens is 1. The van der Waals surface area contributed by atoms with Gasteiger partial charge in [0.15, 0.2) is 5.13 Å². The Labute approximate surface area is 157 Å². The molecule has 0 bridgehead atoms. The molecule has 25 heavy (non-hydrogen) atoms. The summed E-state index contributed by atoms with van der Waals surface area (Å²) in [6, 6.07) is 11.1. The number of anilines is 1. The molecule has 0 saturated carbocycles. The first-order valence-electron chi connectivity index (χ1n) is 7.17. The third-order valence-electron chi connectivity index (χ3n) is 3.28. The Hall–Kier alpha value is -2.21. The van der Waals surface area contributed by atoms with Crippen LogP contribution in [0, 0.1) is 5.82 Å². The van der Waals surface area contributed by atoms with Gasteiger partial charge >= 0.3 is 0 Å². The Morgan fingerprint density at radius 1 is 1.12 bits per heavy atom. The molecule has 0 unspecified atom stereocenters. The maximum absolute atomic E-state index is 13.0. The molecule has 0 aliphatic carbocycles. The zero-order valence-electron chi connectivity index (χ0n) is 12.7. The van der Waals surface area contributed by atoms with E-state index < -0.39 is 0 Å². The van der Waals surface area contributed by atoms with Crippen molar-refractivity contribution in [3.8, 4) is 11.3 Å². The van der Waals surface area contributed by atoms with Crippen molar-refractivity contribution in [2.45, 2.75) is 0 Å². The van der Waals surface area contributed by atoms with E-state index in [9.17, 15) is 9.18 Å². The van der Waals surface area contributed by atoms with Crippen LogP contribution in [0.2, 0.25) is 10.0 Å². The van der Waals surface area contributed by atoms with Gasteiger partial charge in [-0.15, -0.1) is 11.3 Å². The quantitative estimate of drug-likeness (QED) is 0.560. The first-order valence-corrected chi connectivity index (χ1v) is 8.81. The third kappa shape index (κ3) is 4.45. The summed E-state index contributed by atoms with van der Waals surface area (Å²) in [4.78, 5) is 16.4. The van der Waals surface area contributed by atoms with Crippen LogP contribution in [0.5, 0.6) is 0 Å². The van der Waals surface area contributed by atoms with Crippen LogP contribution < -0.4 is 5.32 Å². The van der Waals surface area contributed by atoms with Crippen LogP contribution in [0.3, 0.4) is 0 Å². The molecular formula is C18H11Cl2FN2OS. The van der Waals surface area contributed by atoms with E-state index in [-0.39, 0.29) is 11.7 Å². The largest absolute Gasteiger partial charge is 0.298 e. The maximum Gasteiger partial charge on any atom is 0.250 e. The van der Waals surface area contributed by atoms with E-state index in [0.717, 1.165) is 5.56 Å². The Balaban J connectivity index is 1.69. The molecule has 0 saturated heterocycles. The Morgan fingerprint density at radius 2 is 1.80 bits per heavy atom. The lowest BCUT2D eigenvalue weighted by atomic mass is 10.2. The van der Waals surface area contributed by atoms with Crippen molar-refractivity contribution in [1.29, 1.82) is 0 Å². The number of rotatable bonds is 4. The van der Waals surface area contributed by atoms with Gasteiger partial charge in [0.05, 0.1) is 5.69 Å². The average Bonchev–Trinajstić information content (AvgIpc) is 3.03. The fourth-order valence-electron chi connectivity index (χ4n) is 2.06. The van der Waals surface area contributed by atoms with E-state index in [1.54, 1.807) is 41.8 Å². The fraction of sp³-hybridized carbons (Fsp3) is 0. The first-order chi connectivity index (χ1) is 12.0. The minimum absolute atomic E-state index is 0.309. The van der Waals surface area contributed by atoms with Crippen molar-refractivity contribution < 1.29 is 9.18 Å². The second kappa shape index (κ2) is 7.78. The van der Waals surface area contributed by atoms with Gasteiger partial charge in [-0.3, -0.25) is 10.1 Å². The summed E-state index contributed by atoms with van der Waals surface area (Å²) < 4.78 is 13.0. The minimum atomic E-state index is -0.351. The molecule has 126 valence electrons. The maximum atomic E-state index is 13.0. The number of nitrogens with zero attached hydrogens (tertiary/aromatic N) is 1. The summed E-state index contributed by atoms with van der Waals surface area (Å²) in [6.07, 6.45) is 2.89. The van der Waals surface area contributed by atoms with Crippen molar-refractivity contribution in [2.75, 3.05) is 5.32 Å². The van der Waals surface area contributed by atoms with Gasteiger partial charge in [0, 0.05) is 32.6 Å². The number of hydrogen-bond donors (Lipinski definition) is 1. The lowest BCUT2D eigenvalue weighted by molar-refractivity contribution is -0.111. The molecule has 0 spiro atoms. The molecule has 3 nitrogen and oxygen atoms in total. The van der Waals surface area contributed by atoms with E-state index in [1.807, 2.05) is 0 Å². The Kier molecular flexibility index (Phi) is 5.48. The Bertz CT molecular complexity index is 918. The lowest BCUT2D eigenvalue weighted by Crippen LogP contribution is -2.07. The van der Waals surface area contributed by atoms with Crippen LogP contribution in [0.25, 0.3) is 17.3 Å². The molecule has 1 amide bonds. The second-order valence-corrected chi connectivity index (χ2v) is 6.68. The molecule has 0 aliphatic rings. The zero-order valence-corrected chi connectivity index (χ0v) is 15.0. The standard InChI is InChI=1S/C18H11Cl2FN2OS/c19-14-2-1-3-15(20)13(14)8-9-17(24)23-18-22-16(10-25-18)11-4-6-12(21)7-5-11/h1-10H,(H,22,23,24)/b9-8+. The van der Waals surface area contributed by atoms with E-state index in [4.69, 9.17) is 23.2 Å². The van der Waals surface area contributed by atoms with Crippen molar-refractivity contribution >= 4 is 51.7 Å². The molecule has 1 heterocycles. The molecule has 3 rings (SSSR count). The SMILES string of the molecule is O=C(/C=C/c1c(Cl)cccc1Cl)Nc1nc(-c2ccc(F)cc2)cs1. The third-order valence-corrected chi connectivity index (χ3v) is 4.69. The zero-order chi connectivity index (χ0) is 17.8. The van der Waals surface area contributed by atoms with E-state index in [0.29, 0.717) is 26.4 Å². The van der Waals surface area contributed by atoms with Crippen LogP contribution >= 0.6 is 34.5 Å². The smallest absolute Gasteiger partial charge is 0.250 e. The molecular weight excluding hydrogens is 382 g/mol. The number of amides is 1. The highest BCUT2D eigenvalue weighted by atomic mass is 35.5. The number of thiazole rings is 1. The van der Waals surface area contributed by atoms with Gasteiger partial charge in [-0.25, -0.2) is 9.37 Å². The van der Waals surface area contributed by atoms with Gasteiger partial charge in [-0.1, -0.05) is 29.3 Å². The molecule has 1 N–H and O–H groups in total. The summed E-state index contributed by atoms with van der Waals surface area (Å²) in [7, 11) is 0. The monoisotopic (exact) mass is 392 g/mol. The summed E-state index contributed by atoms with van der Waals surface area (Å²) in [5.74, 6) is -0.660. The normalized spacial score (nSPS) is 11.0. The van der Waals surface area contributed by atoms with Gasteiger partial charge in [-0.2, -0.15) is 0 Å². The predicted octanol–water partition coefficient (Wildman–Crippen LogP) is 5.91. The summed E-state index contributed by atoms with van der Waals surface area (Å²) in [5, 5.41) is 5.83. The Morgan fingerprint density at radius 3 is 2.48 bits per heavy atom. The molecule has 0 atom stereocenters. The number of benzene rings is 2. The van der Waals surface area contributed by atoms with E-state index >= 15 is 0 Å². The fourth-order valence-corrected chi connectivity index (χ4v) is 3.31. The van der Waals surface area contributed by atoms with Crippen molar-refractivity contribution in [2.24, 2.45) is 0 Å². The van der Waals surface area contributed by atoms with Crippen molar-refractivity contribution in [3.63, 3.8) is 0 Å². The van der Waals surface area contributed by atoms with Crippen molar-refractivity contribution in [3.05, 3.63) is 75.3 Å². The molecule has 1 aromatic heterocycles.